The van der Waals surface area contributed by atoms with Gasteiger partial charge in [0, 0.05) is 19.3 Å². The van der Waals surface area contributed by atoms with E-state index in [1.165, 1.54) is 0 Å². The van der Waals surface area contributed by atoms with E-state index >= 15 is 0 Å². The van der Waals surface area contributed by atoms with Crippen LogP contribution in [-0.2, 0) is 4.79 Å². The minimum absolute atomic E-state index is 0.0405. The van der Waals surface area contributed by atoms with E-state index in [0.29, 0.717) is 6.42 Å². The smallest absolute Gasteiger partial charge is 0.138 e. The molecule has 9 heavy (non-hydrogen) atoms. The first kappa shape index (κ1) is 6.71. The Morgan fingerprint density at radius 2 is 1.67 bits per heavy atom. The second-order valence-electron chi connectivity index (χ2n) is 2.49. The van der Waals surface area contributed by atoms with Crippen LogP contribution in [0.4, 0.5) is 0 Å². The summed E-state index contributed by atoms with van der Waals surface area (Å²) in [7, 11) is 0. The number of aliphatic hydroxyl groups excluding tert-OH is 2. The quantitative estimate of drug-likeness (QED) is 0.463. The lowest BCUT2D eigenvalue weighted by Crippen LogP contribution is -2.29. The molecule has 1 saturated carbocycles. The number of ketones is 1. The van der Waals surface area contributed by atoms with E-state index < -0.39 is 12.2 Å². The zero-order chi connectivity index (χ0) is 6.85. The van der Waals surface area contributed by atoms with E-state index in [2.05, 4.69) is 0 Å². The predicted octanol–water partition coefficient (Wildman–Crippen LogP) is -0.539. The first-order valence-corrected chi connectivity index (χ1v) is 3.06. The molecule has 0 amide bonds. The molecule has 2 N–H and O–H groups in total. The summed E-state index contributed by atoms with van der Waals surface area (Å²) in [4.78, 5) is 10.6. The molecule has 0 heterocycles. The van der Waals surface area contributed by atoms with Crippen LogP contribution in [0.15, 0.2) is 0 Å². The highest BCUT2D eigenvalue weighted by Crippen LogP contribution is 2.14. The van der Waals surface area contributed by atoms with E-state index in [0.717, 1.165) is 0 Å². The number of carbonyl (C=O) groups excluding carboxylic acids is 1. The van der Waals surface area contributed by atoms with E-state index in [1.54, 1.807) is 0 Å². The van der Waals surface area contributed by atoms with Gasteiger partial charge in [-0.05, 0) is 0 Å². The van der Waals surface area contributed by atoms with E-state index in [4.69, 9.17) is 10.2 Å². The first-order chi connectivity index (χ1) is 4.18. The molecule has 0 bridgehead atoms. The van der Waals surface area contributed by atoms with Crippen LogP contribution in [0.5, 0.6) is 0 Å². The molecule has 2 atom stereocenters. The van der Waals surface area contributed by atoms with Gasteiger partial charge >= 0.3 is 0 Å². The highest BCUT2D eigenvalue weighted by atomic mass is 16.3. The molecule has 3 nitrogen and oxygen atoms in total. The van der Waals surface area contributed by atoms with Crippen molar-refractivity contribution in [2.45, 2.75) is 31.5 Å². The van der Waals surface area contributed by atoms with Crippen LogP contribution in [0.3, 0.4) is 0 Å². The molecule has 0 unspecified atom stereocenters. The molecule has 3 heteroatoms. The number of aliphatic hydroxyl groups is 2. The second kappa shape index (κ2) is 2.45. The van der Waals surface area contributed by atoms with Crippen molar-refractivity contribution in [1.29, 1.82) is 0 Å². The standard InChI is InChI=1S/C6H10O3/c7-4-1-5(8)3-6(9)2-4/h4-5,7-8H,1-3H2/t4-,5-/m0/s1. The Labute approximate surface area is 53.3 Å². The summed E-state index contributed by atoms with van der Waals surface area (Å²) >= 11 is 0. The monoisotopic (exact) mass is 130 g/mol. The molecule has 0 aromatic heterocycles. The third-order valence-corrected chi connectivity index (χ3v) is 1.47. The maximum atomic E-state index is 10.6. The van der Waals surface area contributed by atoms with Gasteiger partial charge in [0.2, 0.25) is 0 Å². The van der Waals surface area contributed by atoms with E-state index in [9.17, 15) is 4.79 Å². The van der Waals surface area contributed by atoms with Crippen LogP contribution in [0, 0.1) is 0 Å². The summed E-state index contributed by atoms with van der Waals surface area (Å²) in [6.45, 7) is 0. The van der Waals surface area contributed by atoms with Crippen LogP contribution in [0.2, 0.25) is 0 Å². The fourth-order valence-electron chi connectivity index (χ4n) is 1.09. The van der Waals surface area contributed by atoms with Crippen molar-refractivity contribution in [2.24, 2.45) is 0 Å². The lowest BCUT2D eigenvalue weighted by Gasteiger charge is -2.19. The van der Waals surface area contributed by atoms with Gasteiger partial charge in [-0.3, -0.25) is 4.79 Å². The molecule has 0 saturated heterocycles. The Hall–Kier alpha value is -0.410. The van der Waals surface area contributed by atoms with Crippen LogP contribution >= 0.6 is 0 Å². The summed E-state index contributed by atoms with van der Waals surface area (Å²) in [6, 6.07) is 0. The highest BCUT2D eigenvalue weighted by Gasteiger charge is 2.23. The van der Waals surface area contributed by atoms with Gasteiger partial charge in [-0.15, -0.1) is 0 Å². The van der Waals surface area contributed by atoms with Crippen LogP contribution in [0.25, 0.3) is 0 Å². The summed E-state index contributed by atoms with van der Waals surface area (Å²) in [5.41, 5.74) is 0. The molecule has 52 valence electrons. The van der Waals surface area contributed by atoms with Gasteiger partial charge < -0.3 is 10.2 Å². The van der Waals surface area contributed by atoms with Gasteiger partial charge in [-0.25, -0.2) is 0 Å². The molecule has 0 aliphatic heterocycles. The third-order valence-electron chi connectivity index (χ3n) is 1.47. The van der Waals surface area contributed by atoms with E-state index in [-0.39, 0.29) is 18.6 Å². The Bertz CT molecular complexity index is 109. The van der Waals surface area contributed by atoms with Crippen LogP contribution in [0.1, 0.15) is 19.3 Å². The minimum Gasteiger partial charge on any atom is -0.393 e. The Morgan fingerprint density at radius 1 is 1.22 bits per heavy atom. The molecule has 0 radical (unpaired) electrons. The zero-order valence-corrected chi connectivity index (χ0v) is 5.08. The number of carbonyl (C=O) groups is 1. The Balaban J connectivity index is 2.43. The number of hydrogen-bond donors (Lipinski definition) is 2. The summed E-state index contributed by atoms with van der Waals surface area (Å²) < 4.78 is 0. The lowest BCUT2D eigenvalue weighted by atomic mass is 9.94. The van der Waals surface area contributed by atoms with Crippen molar-refractivity contribution in [1.82, 2.24) is 0 Å². The Kier molecular flexibility index (Phi) is 1.83. The van der Waals surface area contributed by atoms with Crippen molar-refractivity contribution in [2.75, 3.05) is 0 Å². The number of Topliss-reactive ketones (excluding diaryl/α,β-unsaturated/α-hetero) is 1. The lowest BCUT2D eigenvalue weighted by molar-refractivity contribution is -0.126. The number of hydrogen-bond acceptors (Lipinski definition) is 3. The van der Waals surface area contributed by atoms with Crippen molar-refractivity contribution in [3.8, 4) is 0 Å². The van der Waals surface area contributed by atoms with Gasteiger partial charge in [-0.1, -0.05) is 0 Å². The Morgan fingerprint density at radius 3 is 2.00 bits per heavy atom. The fourth-order valence-corrected chi connectivity index (χ4v) is 1.09. The van der Waals surface area contributed by atoms with Crippen molar-refractivity contribution in [3.05, 3.63) is 0 Å². The summed E-state index contributed by atoms with van der Waals surface area (Å²) in [5.74, 6) is -0.0405. The van der Waals surface area contributed by atoms with Gasteiger partial charge in [0.1, 0.15) is 5.78 Å². The first-order valence-electron chi connectivity index (χ1n) is 3.06. The van der Waals surface area contributed by atoms with E-state index in [1.807, 2.05) is 0 Å². The SMILES string of the molecule is O=C1C[C@@H](O)C[C@H](O)C1. The third kappa shape index (κ3) is 1.77. The summed E-state index contributed by atoms with van der Waals surface area (Å²) in [5, 5.41) is 17.7. The molecule has 0 aromatic rings. The van der Waals surface area contributed by atoms with Gasteiger partial charge in [-0.2, -0.15) is 0 Å². The average molecular weight is 130 g/mol. The molecule has 1 fully saturated rings. The maximum absolute atomic E-state index is 10.6. The van der Waals surface area contributed by atoms with Gasteiger partial charge in [0.15, 0.2) is 0 Å². The number of rotatable bonds is 0. The molecule has 1 aliphatic rings. The highest BCUT2D eigenvalue weighted by molar-refractivity contribution is 5.80. The van der Waals surface area contributed by atoms with Crippen molar-refractivity contribution >= 4 is 5.78 Å². The average Bonchev–Trinajstić information content (AvgIpc) is 1.59. The van der Waals surface area contributed by atoms with Crippen LogP contribution < -0.4 is 0 Å². The molecular weight excluding hydrogens is 120 g/mol. The van der Waals surface area contributed by atoms with Crippen molar-refractivity contribution < 1.29 is 15.0 Å². The van der Waals surface area contributed by atoms with Crippen molar-refractivity contribution in [3.63, 3.8) is 0 Å². The predicted molar refractivity (Wildman–Crippen MR) is 30.9 cm³/mol. The topological polar surface area (TPSA) is 57.5 Å². The summed E-state index contributed by atoms with van der Waals surface area (Å²) in [6.07, 6.45) is -0.428. The molecule has 1 aliphatic carbocycles. The second-order valence-corrected chi connectivity index (χ2v) is 2.49. The molecule has 0 spiro atoms. The molecular formula is C6H10O3. The minimum atomic E-state index is -0.610. The zero-order valence-electron chi connectivity index (χ0n) is 5.08. The molecule has 0 aromatic carbocycles. The largest absolute Gasteiger partial charge is 0.393 e. The fraction of sp³-hybridized carbons (Fsp3) is 0.833. The normalized spacial score (nSPS) is 36.9. The van der Waals surface area contributed by atoms with Gasteiger partial charge in [0.25, 0.3) is 0 Å². The maximum Gasteiger partial charge on any atom is 0.138 e. The molecule has 1 rings (SSSR count). The van der Waals surface area contributed by atoms with Crippen LogP contribution in [-0.4, -0.2) is 28.2 Å². The van der Waals surface area contributed by atoms with Gasteiger partial charge in [0.05, 0.1) is 12.2 Å².